The maximum Gasteiger partial charge on any atom is 0.340 e. The molecule has 0 aliphatic heterocycles. The molecular formula is C23H20F2N2O2. The molecule has 3 aromatic rings. The van der Waals surface area contributed by atoms with Crippen LogP contribution in [-0.2, 0) is 11.3 Å². The average molecular weight is 394 g/mol. The summed E-state index contributed by atoms with van der Waals surface area (Å²) in [6, 6.07) is 12.5. The molecular weight excluding hydrogens is 374 g/mol. The Kier molecular flexibility index (Phi) is 5.79. The Labute approximate surface area is 168 Å². The third-order valence-corrected chi connectivity index (χ3v) is 4.89. The van der Waals surface area contributed by atoms with Gasteiger partial charge in [0, 0.05) is 28.6 Å². The van der Waals surface area contributed by atoms with Crippen molar-refractivity contribution in [2.24, 2.45) is 0 Å². The van der Waals surface area contributed by atoms with Gasteiger partial charge in [-0.25, -0.2) is 13.6 Å². The first-order valence-corrected chi connectivity index (χ1v) is 9.18. The fraction of sp³-hybridized carbons (Fsp3) is 0.217. The van der Waals surface area contributed by atoms with Gasteiger partial charge in [0.1, 0.15) is 11.6 Å². The summed E-state index contributed by atoms with van der Waals surface area (Å²) in [4.78, 5) is 12.7. The molecule has 4 nitrogen and oxygen atoms in total. The Morgan fingerprint density at radius 1 is 1.14 bits per heavy atom. The molecule has 0 aliphatic carbocycles. The average Bonchev–Trinajstić information content (AvgIpc) is 2.94. The van der Waals surface area contributed by atoms with Crippen LogP contribution in [-0.4, -0.2) is 17.1 Å². The molecule has 0 spiro atoms. The van der Waals surface area contributed by atoms with E-state index in [1.165, 1.54) is 12.1 Å². The summed E-state index contributed by atoms with van der Waals surface area (Å²) < 4.78 is 34.5. The van der Waals surface area contributed by atoms with Crippen LogP contribution in [0.5, 0.6) is 0 Å². The van der Waals surface area contributed by atoms with Gasteiger partial charge in [-0.2, -0.15) is 5.26 Å². The van der Waals surface area contributed by atoms with Crippen molar-refractivity contribution in [3.05, 3.63) is 82.2 Å². The molecule has 29 heavy (non-hydrogen) atoms. The molecule has 6 heteroatoms. The van der Waals surface area contributed by atoms with E-state index < -0.39 is 17.6 Å². The Morgan fingerprint density at radius 3 is 2.55 bits per heavy atom. The van der Waals surface area contributed by atoms with E-state index in [4.69, 9.17) is 4.74 Å². The number of esters is 1. The minimum absolute atomic E-state index is 0.133. The van der Waals surface area contributed by atoms with Gasteiger partial charge >= 0.3 is 5.97 Å². The normalized spacial score (nSPS) is 10.6. The number of carbonyl (C=O) groups excluding carboxylic acids is 1. The van der Waals surface area contributed by atoms with E-state index in [1.54, 1.807) is 36.6 Å². The summed E-state index contributed by atoms with van der Waals surface area (Å²) in [5, 5.41) is 9.23. The maximum absolute atomic E-state index is 14.2. The minimum Gasteiger partial charge on any atom is -0.462 e. The van der Waals surface area contributed by atoms with E-state index in [2.05, 4.69) is 6.07 Å². The van der Waals surface area contributed by atoms with Crippen LogP contribution in [0.3, 0.4) is 0 Å². The van der Waals surface area contributed by atoms with Crippen molar-refractivity contribution in [1.82, 2.24) is 4.57 Å². The molecule has 2 aromatic carbocycles. The van der Waals surface area contributed by atoms with Gasteiger partial charge in [-0.05, 0) is 44.5 Å². The summed E-state index contributed by atoms with van der Waals surface area (Å²) in [6.07, 6.45) is 0. The number of halogens is 2. The zero-order chi connectivity index (χ0) is 21.1. The Bertz CT molecular complexity index is 1130. The highest BCUT2D eigenvalue weighted by Gasteiger charge is 2.25. The first kappa shape index (κ1) is 20.3. The molecule has 0 amide bonds. The Hall–Kier alpha value is -3.46. The number of ether oxygens (including phenoxy) is 1. The van der Waals surface area contributed by atoms with Crippen molar-refractivity contribution >= 4 is 5.97 Å². The SMILES string of the molecule is CCOC(=O)c1c(-c2cccc(C#N)c2)c(C)n(Cc2ccc(F)cc2F)c1C. The van der Waals surface area contributed by atoms with Gasteiger partial charge in [-0.1, -0.05) is 18.2 Å². The van der Waals surface area contributed by atoms with E-state index in [-0.39, 0.29) is 13.2 Å². The molecule has 0 aliphatic rings. The molecule has 0 unspecified atom stereocenters. The summed E-state index contributed by atoms with van der Waals surface area (Å²) in [5.74, 6) is -1.78. The largest absolute Gasteiger partial charge is 0.462 e. The molecule has 148 valence electrons. The zero-order valence-electron chi connectivity index (χ0n) is 16.4. The second-order valence-corrected chi connectivity index (χ2v) is 6.66. The van der Waals surface area contributed by atoms with Crippen molar-refractivity contribution < 1.29 is 18.3 Å². The van der Waals surface area contributed by atoms with E-state index in [0.717, 1.165) is 11.8 Å². The number of hydrogen-bond donors (Lipinski definition) is 0. The van der Waals surface area contributed by atoms with Gasteiger partial charge < -0.3 is 9.30 Å². The van der Waals surface area contributed by atoms with Crippen LogP contribution in [0.1, 0.15) is 39.8 Å². The van der Waals surface area contributed by atoms with Crippen molar-refractivity contribution in [2.75, 3.05) is 6.61 Å². The lowest BCUT2D eigenvalue weighted by Crippen LogP contribution is -2.09. The van der Waals surface area contributed by atoms with E-state index in [0.29, 0.717) is 33.5 Å². The summed E-state index contributed by atoms with van der Waals surface area (Å²) in [5.41, 5.74) is 3.83. The first-order valence-electron chi connectivity index (χ1n) is 9.18. The molecule has 0 radical (unpaired) electrons. The Balaban J connectivity index is 2.20. The molecule has 1 heterocycles. The summed E-state index contributed by atoms with van der Waals surface area (Å²) >= 11 is 0. The smallest absolute Gasteiger partial charge is 0.340 e. The molecule has 3 rings (SSSR count). The van der Waals surface area contributed by atoms with Crippen LogP contribution in [0.2, 0.25) is 0 Å². The van der Waals surface area contributed by atoms with Crippen LogP contribution in [0.15, 0.2) is 42.5 Å². The first-order chi connectivity index (χ1) is 13.9. The van der Waals surface area contributed by atoms with Crippen molar-refractivity contribution in [2.45, 2.75) is 27.3 Å². The number of nitriles is 1. The lowest BCUT2D eigenvalue weighted by Gasteiger charge is -2.11. The highest BCUT2D eigenvalue weighted by Crippen LogP contribution is 2.34. The fourth-order valence-electron chi connectivity index (χ4n) is 3.49. The third kappa shape index (κ3) is 3.90. The Morgan fingerprint density at radius 2 is 1.90 bits per heavy atom. The van der Waals surface area contributed by atoms with Crippen LogP contribution in [0, 0.1) is 36.8 Å². The second kappa shape index (κ2) is 8.27. The topological polar surface area (TPSA) is 55.0 Å². The van der Waals surface area contributed by atoms with E-state index >= 15 is 0 Å². The zero-order valence-corrected chi connectivity index (χ0v) is 16.4. The second-order valence-electron chi connectivity index (χ2n) is 6.66. The number of rotatable bonds is 5. The van der Waals surface area contributed by atoms with Gasteiger partial charge in [-0.15, -0.1) is 0 Å². The molecule has 0 saturated carbocycles. The maximum atomic E-state index is 14.2. The van der Waals surface area contributed by atoms with Gasteiger partial charge in [0.2, 0.25) is 0 Å². The minimum atomic E-state index is -0.650. The monoisotopic (exact) mass is 394 g/mol. The highest BCUT2D eigenvalue weighted by atomic mass is 19.1. The molecule has 0 bridgehead atoms. The van der Waals surface area contributed by atoms with Crippen molar-refractivity contribution in [1.29, 1.82) is 5.26 Å². The lowest BCUT2D eigenvalue weighted by molar-refractivity contribution is 0.0526. The number of benzene rings is 2. The number of nitrogens with zero attached hydrogens (tertiary/aromatic N) is 2. The molecule has 1 aromatic heterocycles. The predicted octanol–water partition coefficient (Wildman–Crippen LogP) is 5.15. The molecule has 0 N–H and O–H groups in total. The van der Waals surface area contributed by atoms with Crippen LogP contribution in [0.4, 0.5) is 8.78 Å². The lowest BCUT2D eigenvalue weighted by atomic mass is 9.99. The molecule has 0 atom stereocenters. The third-order valence-electron chi connectivity index (χ3n) is 4.89. The standard InChI is InChI=1S/C23H20F2N2O2/c1-4-29-23(28)22-15(3)27(13-18-8-9-19(24)11-20(18)25)14(2)21(22)17-7-5-6-16(10-17)12-26/h5-11H,4,13H2,1-3H3. The molecule has 0 fully saturated rings. The van der Waals surface area contributed by atoms with Gasteiger partial charge in [0.15, 0.2) is 0 Å². The van der Waals surface area contributed by atoms with E-state index in [9.17, 15) is 18.8 Å². The predicted molar refractivity (Wildman–Crippen MR) is 105 cm³/mol. The van der Waals surface area contributed by atoms with Gasteiger partial charge in [0.25, 0.3) is 0 Å². The van der Waals surface area contributed by atoms with Crippen LogP contribution < -0.4 is 0 Å². The fourth-order valence-corrected chi connectivity index (χ4v) is 3.49. The van der Waals surface area contributed by atoms with Crippen molar-refractivity contribution in [3.63, 3.8) is 0 Å². The highest BCUT2D eigenvalue weighted by molar-refractivity contribution is 6.00. The van der Waals surface area contributed by atoms with E-state index in [1.807, 2.05) is 13.0 Å². The van der Waals surface area contributed by atoms with Gasteiger partial charge in [0.05, 0.1) is 30.3 Å². The molecule has 0 saturated heterocycles. The number of aromatic nitrogens is 1. The summed E-state index contributed by atoms with van der Waals surface area (Å²) in [6.45, 7) is 5.66. The quantitative estimate of drug-likeness (QED) is 0.563. The van der Waals surface area contributed by atoms with Crippen LogP contribution >= 0.6 is 0 Å². The van der Waals surface area contributed by atoms with Crippen LogP contribution in [0.25, 0.3) is 11.1 Å². The number of hydrogen-bond acceptors (Lipinski definition) is 3. The number of carbonyl (C=O) groups is 1. The summed E-state index contributed by atoms with van der Waals surface area (Å²) in [7, 11) is 0. The van der Waals surface area contributed by atoms with Crippen molar-refractivity contribution in [3.8, 4) is 17.2 Å². The van der Waals surface area contributed by atoms with Gasteiger partial charge in [-0.3, -0.25) is 0 Å².